The number of unbranched alkanes of at least 4 members (excludes halogenated alkanes) is 1. The van der Waals surface area contributed by atoms with Crippen molar-refractivity contribution in [2.45, 2.75) is 26.7 Å². The summed E-state index contributed by atoms with van der Waals surface area (Å²) in [5.74, 6) is 1.63. The minimum absolute atomic E-state index is 0.112. The molecule has 0 saturated carbocycles. The molecule has 4 N–H and O–H groups in total. The Bertz CT molecular complexity index is 1480. The van der Waals surface area contributed by atoms with Gasteiger partial charge in [0.1, 0.15) is 17.4 Å². The Hall–Kier alpha value is -4.17. The predicted octanol–water partition coefficient (Wildman–Crippen LogP) is 6.53. The number of methoxy groups -OCH3 is 1. The Morgan fingerprint density at radius 2 is 2.11 bits per heavy atom. The van der Waals surface area contributed by atoms with Crippen molar-refractivity contribution in [3.8, 4) is 27.6 Å². The van der Waals surface area contributed by atoms with Gasteiger partial charge in [-0.15, -0.1) is 11.3 Å². The van der Waals surface area contributed by atoms with Crippen LogP contribution >= 0.6 is 11.3 Å². The third-order valence-corrected chi connectivity index (χ3v) is 6.85. The molecule has 0 bridgehead atoms. The lowest BCUT2D eigenvalue weighted by Gasteiger charge is -2.05. The molecular weight excluding hydrogens is 482 g/mol. The Balaban J connectivity index is 1.51. The lowest BCUT2D eigenvalue weighted by molar-refractivity contribution is 0.0961. The normalized spacial score (nSPS) is 12.1. The molecule has 0 aliphatic carbocycles. The van der Waals surface area contributed by atoms with Gasteiger partial charge in [-0.05, 0) is 49.2 Å². The van der Waals surface area contributed by atoms with Crippen LogP contribution in [0.4, 0.5) is 5.82 Å². The number of anilines is 1. The highest BCUT2D eigenvalue weighted by Gasteiger charge is 2.15. The largest absolute Gasteiger partial charge is 0.497 e. The molecule has 190 valence electrons. The lowest BCUT2D eigenvalue weighted by atomic mass is 10.1. The first-order chi connectivity index (χ1) is 18.0. The molecule has 4 aromatic rings. The van der Waals surface area contributed by atoms with E-state index >= 15 is 0 Å². The van der Waals surface area contributed by atoms with Gasteiger partial charge in [-0.25, -0.2) is 9.97 Å². The average Bonchev–Trinajstić information content (AvgIpc) is 3.57. The van der Waals surface area contributed by atoms with Gasteiger partial charge < -0.3 is 20.8 Å². The second kappa shape index (κ2) is 12.2. The van der Waals surface area contributed by atoms with Crippen LogP contribution in [-0.4, -0.2) is 34.5 Å². The fraction of sp³-hybridized carbons (Fsp3) is 0.207. The van der Waals surface area contributed by atoms with Gasteiger partial charge in [0.15, 0.2) is 0 Å². The number of hydrogen-bond donors (Lipinski definition) is 3. The van der Waals surface area contributed by atoms with Gasteiger partial charge >= 0.3 is 0 Å². The molecule has 1 aromatic carbocycles. The van der Waals surface area contributed by atoms with Gasteiger partial charge in [0, 0.05) is 29.2 Å². The number of ether oxygens (including phenoxy) is 1. The minimum Gasteiger partial charge on any atom is -0.497 e. The Labute approximate surface area is 220 Å². The number of aromatic nitrogens is 3. The molecule has 0 atom stereocenters. The van der Waals surface area contributed by atoms with Gasteiger partial charge in [-0.2, -0.15) is 0 Å². The molecule has 0 spiro atoms. The van der Waals surface area contributed by atoms with Crippen LogP contribution in [0.5, 0.6) is 5.75 Å². The molecule has 3 heterocycles. The zero-order valence-electron chi connectivity index (χ0n) is 21.2. The van der Waals surface area contributed by atoms with E-state index < -0.39 is 0 Å². The van der Waals surface area contributed by atoms with Crippen molar-refractivity contribution in [3.63, 3.8) is 0 Å². The predicted molar refractivity (Wildman–Crippen MR) is 153 cm³/mol. The van der Waals surface area contributed by atoms with Gasteiger partial charge in [0.05, 0.1) is 28.6 Å². The number of H-pyrrole nitrogens is 1. The van der Waals surface area contributed by atoms with E-state index in [1.807, 2.05) is 67.6 Å². The number of amides is 1. The number of aromatic amines is 1. The van der Waals surface area contributed by atoms with Crippen molar-refractivity contribution in [2.24, 2.45) is 0 Å². The molecule has 1 amide bonds. The van der Waals surface area contributed by atoms with E-state index in [0.29, 0.717) is 28.6 Å². The van der Waals surface area contributed by atoms with E-state index in [-0.39, 0.29) is 5.91 Å². The number of benzene rings is 1. The molecular formula is C29H31N5O2S. The van der Waals surface area contributed by atoms with E-state index in [9.17, 15) is 4.79 Å². The van der Waals surface area contributed by atoms with Crippen molar-refractivity contribution < 1.29 is 9.53 Å². The monoisotopic (exact) mass is 513 g/mol. The maximum Gasteiger partial charge on any atom is 0.261 e. The number of carbonyl (C=O) groups is 1. The number of nitrogens with one attached hydrogen (secondary N) is 2. The highest BCUT2D eigenvalue weighted by atomic mass is 32.1. The van der Waals surface area contributed by atoms with Crippen molar-refractivity contribution in [1.29, 1.82) is 0 Å². The van der Waals surface area contributed by atoms with Crippen LogP contribution in [0.3, 0.4) is 0 Å². The zero-order valence-corrected chi connectivity index (χ0v) is 22.1. The Kier molecular flexibility index (Phi) is 8.53. The van der Waals surface area contributed by atoms with E-state index in [0.717, 1.165) is 45.6 Å². The molecule has 8 heteroatoms. The van der Waals surface area contributed by atoms with Crippen LogP contribution < -0.4 is 15.8 Å². The number of carbonyl (C=O) groups excluding carboxylic acids is 1. The number of pyridine rings is 1. The summed E-state index contributed by atoms with van der Waals surface area (Å²) in [5, 5.41) is 3.02. The second-order valence-electron chi connectivity index (χ2n) is 8.43. The second-order valence-corrected chi connectivity index (χ2v) is 9.51. The summed E-state index contributed by atoms with van der Waals surface area (Å²) in [6.07, 6.45) is 14.0. The maximum absolute atomic E-state index is 12.8. The first-order valence-electron chi connectivity index (χ1n) is 12.2. The molecule has 0 unspecified atom stereocenters. The van der Waals surface area contributed by atoms with Crippen LogP contribution in [0.25, 0.3) is 32.9 Å². The highest BCUT2D eigenvalue weighted by molar-refractivity contribution is 7.17. The fourth-order valence-electron chi connectivity index (χ4n) is 3.77. The number of hydrogen-bond acceptors (Lipinski definition) is 6. The standard InChI is InChI=1S/C29H31N5O2S/c1-4-6-7-8-10-19(9-5-2)17-32-29(35)26-14-13-25(37-26)20-15-22(27(30)31-18-20)28-33-23-12-11-21(36-3)16-24(23)34-28/h5,7-16,18H,4,6,17H2,1-3H3,(H2,30,31)(H,32,35)(H,33,34)/b8-7-,9-5-,19-10+. The van der Waals surface area contributed by atoms with Crippen LogP contribution in [0, 0.1) is 0 Å². The zero-order chi connectivity index (χ0) is 26.2. The summed E-state index contributed by atoms with van der Waals surface area (Å²) in [7, 11) is 1.63. The number of nitrogens with two attached hydrogens (primary N) is 1. The summed E-state index contributed by atoms with van der Waals surface area (Å²) in [4.78, 5) is 26.7. The van der Waals surface area contributed by atoms with Crippen LogP contribution in [0.1, 0.15) is 36.4 Å². The summed E-state index contributed by atoms with van der Waals surface area (Å²) in [6.45, 7) is 4.57. The van der Waals surface area contributed by atoms with Crippen molar-refractivity contribution in [1.82, 2.24) is 20.3 Å². The Morgan fingerprint density at radius 1 is 1.24 bits per heavy atom. The van der Waals surface area contributed by atoms with Gasteiger partial charge in [-0.1, -0.05) is 43.7 Å². The lowest BCUT2D eigenvalue weighted by Crippen LogP contribution is -2.24. The molecule has 0 radical (unpaired) electrons. The SMILES string of the molecule is C\C=C/C(=C\C=C/CCC)CNC(=O)c1ccc(-c2cnc(N)c(-c3nc4ccc(OC)cc4[nH]3)c2)s1. The maximum atomic E-state index is 12.8. The van der Waals surface area contributed by atoms with Crippen molar-refractivity contribution in [2.75, 3.05) is 19.4 Å². The first-order valence-corrected chi connectivity index (χ1v) is 13.0. The number of nitrogen functional groups attached to an aromatic ring is 1. The smallest absolute Gasteiger partial charge is 0.261 e. The van der Waals surface area contributed by atoms with Gasteiger partial charge in [0.25, 0.3) is 5.91 Å². The quantitative estimate of drug-likeness (QED) is 0.209. The molecule has 7 nitrogen and oxygen atoms in total. The third kappa shape index (κ3) is 6.34. The topological polar surface area (TPSA) is 106 Å². The number of fused-ring (bicyclic) bond motifs is 1. The van der Waals surface area contributed by atoms with Crippen molar-refractivity contribution >= 4 is 34.1 Å². The van der Waals surface area contributed by atoms with E-state index in [1.165, 1.54) is 11.3 Å². The van der Waals surface area contributed by atoms with Gasteiger partial charge in [-0.3, -0.25) is 4.79 Å². The van der Waals surface area contributed by atoms with Crippen molar-refractivity contribution in [3.05, 3.63) is 83.4 Å². The highest BCUT2D eigenvalue weighted by Crippen LogP contribution is 2.33. The molecule has 0 aliphatic rings. The molecule has 4 rings (SSSR count). The number of thiophene rings is 1. The average molecular weight is 514 g/mol. The molecule has 0 aliphatic heterocycles. The van der Waals surface area contributed by atoms with Gasteiger partial charge in [0.2, 0.25) is 0 Å². The number of allylic oxidation sites excluding steroid dienone is 4. The molecule has 0 fully saturated rings. The van der Waals surface area contributed by atoms with E-state index in [4.69, 9.17) is 10.5 Å². The van der Waals surface area contributed by atoms with E-state index in [2.05, 4.69) is 33.3 Å². The summed E-state index contributed by atoms with van der Waals surface area (Å²) in [5.41, 5.74) is 10.5. The fourth-order valence-corrected chi connectivity index (χ4v) is 4.67. The molecule has 37 heavy (non-hydrogen) atoms. The van der Waals surface area contributed by atoms with E-state index in [1.54, 1.807) is 13.3 Å². The number of imidazole rings is 1. The summed E-state index contributed by atoms with van der Waals surface area (Å²) in [6, 6.07) is 11.4. The van der Waals surface area contributed by atoms with Crippen LogP contribution in [0.15, 0.2) is 78.5 Å². The summed E-state index contributed by atoms with van der Waals surface area (Å²) >= 11 is 1.41. The van der Waals surface area contributed by atoms with Crippen LogP contribution in [0.2, 0.25) is 0 Å². The molecule has 3 aromatic heterocycles. The Morgan fingerprint density at radius 3 is 2.89 bits per heavy atom. The first kappa shape index (κ1) is 25.9. The minimum atomic E-state index is -0.112. The third-order valence-electron chi connectivity index (χ3n) is 5.71. The number of rotatable bonds is 10. The number of nitrogens with zero attached hydrogens (tertiary/aromatic N) is 2. The summed E-state index contributed by atoms with van der Waals surface area (Å²) < 4.78 is 5.30. The molecule has 0 saturated heterocycles. The van der Waals surface area contributed by atoms with Crippen LogP contribution in [-0.2, 0) is 0 Å².